The Bertz CT molecular complexity index is 604. The second-order valence-corrected chi connectivity index (χ2v) is 5.28. The Morgan fingerprint density at radius 2 is 1.76 bits per heavy atom. The van der Waals surface area contributed by atoms with Crippen molar-refractivity contribution >= 4 is 16.7 Å². The summed E-state index contributed by atoms with van der Waals surface area (Å²) in [5.74, 6) is -0.300. The molecule has 0 saturated carbocycles. The number of rotatable bonds is 7. The smallest absolute Gasteiger partial charge is 0.337 e. The summed E-state index contributed by atoms with van der Waals surface area (Å²) >= 11 is 0. The van der Waals surface area contributed by atoms with Crippen molar-refractivity contribution in [3.05, 3.63) is 47.5 Å². The van der Waals surface area contributed by atoms with Gasteiger partial charge in [0.05, 0.1) is 12.7 Å². The van der Waals surface area contributed by atoms with Crippen molar-refractivity contribution in [1.29, 1.82) is 0 Å². The average molecular weight is 286 g/mol. The van der Waals surface area contributed by atoms with Gasteiger partial charge in [-0.15, -0.1) is 0 Å². The monoisotopic (exact) mass is 286 g/mol. The Kier molecular flexibility index (Phi) is 5.76. The highest BCUT2D eigenvalue weighted by molar-refractivity contribution is 5.95. The summed E-state index contributed by atoms with van der Waals surface area (Å²) in [5.41, 5.74) is 1.87. The first kappa shape index (κ1) is 15.5. The van der Waals surface area contributed by atoms with Crippen LogP contribution in [0.25, 0.3) is 10.8 Å². The predicted octanol–water partition coefficient (Wildman–Crippen LogP) is 3.72. The summed E-state index contributed by atoms with van der Waals surface area (Å²) in [5, 5.41) is 11.0. The normalized spacial score (nSPS) is 10.8. The first-order chi connectivity index (χ1) is 10.2. The third-order valence-electron chi connectivity index (χ3n) is 3.70. The number of carbonyl (C=O) groups is 1. The molecule has 21 heavy (non-hydrogen) atoms. The number of fused-ring (bicyclic) bond motifs is 1. The number of unbranched alkanes of at least 4 members (excludes halogenated alkanes) is 3. The SMILES string of the molecule is COC(=O)c1ccc2ccc(CCCCCCO)cc2c1. The molecular weight excluding hydrogens is 264 g/mol. The van der Waals surface area contributed by atoms with Crippen LogP contribution in [0.15, 0.2) is 36.4 Å². The van der Waals surface area contributed by atoms with Crippen LogP contribution in [0.5, 0.6) is 0 Å². The number of ether oxygens (including phenoxy) is 1. The summed E-state index contributed by atoms with van der Waals surface area (Å²) in [6.07, 6.45) is 5.27. The fourth-order valence-electron chi connectivity index (χ4n) is 2.49. The molecule has 2 aromatic carbocycles. The lowest BCUT2D eigenvalue weighted by Gasteiger charge is -2.06. The lowest BCUT2D eigenvalue weighted by Crippen LogP contribution is -2.00. The molecule has 0 radical (unpaired) electrons. The largest absolute Gasteiger partial charge is 0.465 e. The molecule has 0 amide bonds. The summed E-state index contributed by atoms with van der Waals surface area (Å²) in [6, 6.07) is 12.0. The Hall–Kier alpha value is -1.87. The zero-order valence-corrected chi connectivity index (χ0v) is 12.5. The van der Waals surface area contributed by atoms with Crippen LogP contribution < -0.4 is 0 Å². The number of carbonyl (C=O) groups excluding carboxylic acids is 1. The minimum absolute atomic E-state index is 0.284. The van der Waals surface area contributed by atoms with Crippen LogP contribution in [0.1, 0.15) is 41.6 Å². The van der Waals surface area contributed by atoms with E-state index < -0.39 is 0 Å². The fourth-order valence-corrected chi connectivity index (χ4v) is 2.49. The highest BCUT2D eigenvalue weighted by Gasteiger charge is 2.06. The van der Waals surface area contributed by atoms with Gasteiger partial charge in [-0.3, -0.25) is 0 Å². The highest BCUT2D eigenvalue weighted by atomic mass is 16.5. The van der Waals surface area contributed by atoms with Gasteiger partial charge in [0.2, 0.25) is 0 Å². The van der Waals surface area contributed by atoms with E-state index in [0.29, 0.717) is 5.56 Å². The zero-order chi connectivity index (χ0) is 15.1. The van der Waals surface area contributed by atoms with E-state index in [-0.39, 0.29) is 12.6 Å². The molecule has 0 saturated heterocycles. The Morgan fingerprint density at radius 1 is 1.00 bits per heavy atom. The van der Waals surface area contributed by atoms with E-state index in [0.717, 1.165) is 42.9 Å². The van der Waals surface area contributed by atoms with Gasteiger partial charge in [-0.25, -0.2) is 4.79 Å². The van der Waals surface area contributed by atoms with Crippen molar-refractivity contribution in [2.45, 2.75) is 32.1 Å². The van der Waals surface area contributed by atoms with Crippen molar-refractivity contribution in [2.24, 2.45) is 0 Å². The van der Waals surface area contributed by atoms with E-state index in [1.165, 1.54) is 12.7 Å². The molecule has 0 heterocycles. The van der Waals surface area contributed by atoms with Crippen molar-refractivity contribution in [3.8, 4) is 0 Å². The van der Waals surface area contributed by atoms with Gasteiger partial charge >= 0.3 is 5.97 Å². The minimum atomic E-state index is -0.300. The fraction of sp³-hybridized carbons (Fsp3) is 0.389. The maximum atomic E-state index is 11.6. The van der Waals surface area contributed by atoms with Gasteiger partial charge in [0, 0.05) is 6.61 Å². The number of methoxy groups -OCH3 is 1. The number of aliphatic hydroxyl groups is 1. The summed E-state index contributed by atoms with van der Waals surface area (Å²) in [6.45, 7) is 0.284. The van der Waals surface area contributed by atoms with Crippen LogP contribution >= 0.6 is 0 Å². The Morgan fingerprint density at radius 3 is 2.52 bits per heavy atom. The number of aryl methyl sites for hydroxylation is 1. The molecule has 2 aromatic rings. The molecule has 3 heteroatoms. The van der Waals surface area contributed by atoms with Gasteiger partial charge in [-0.05, 0) is 47.7 Å². The van der Waals surface area contributed by atoms with Crippen molar-refractivity contribution in [3.63, 3.8) is 0 Å². The van der Waals surface area contributed by atoms with Crippen molar-refractivity contribution in [1.82, 2.24) is 0 Å². The number of aliphatic hydroxyl groups excluding tert-OH is 1. The topological polar surface area (TPSA) is 46.5 Å². The van der Waals surface area contributed by atoms with Crippen molar-refractivity contribution in [2.75, 3.05) is 13.7 Å². The van der Waals surface area contributed by atoms with Crippen LogP contribution in [0.3, 0.4) is 0 Å². The molecule has 0 aliphatic rings. The molecule has 0 bridgehead atoms. The third-order valence-corrected chi connectivity index (χ3v) is 3.70. The zero-order valence-electron chi connectivity index (χ0n) is 12.5. The van der Waals surface area contributed by atoms with E-state index >= 15 is 0 Å². The molecule has 112 valence electrons. The predicted molar refractivity (Wildman–Crippen MR) is 84.5 cm³/mol. The molecule has 0 aromatic heterocycles. The number of hydrogen-bond donors (Lipinski definition) is 1. The van der Waals surface area contributed by atoms with E-state index in [1.807, 2.05) is 12.1 Å². The van der Waals surface area contributed by atoms with E-state index in [9.17, 15) is 4.79 Å². The quantitative estimate of drug-likeness (QED) is 0.623. The second-order valence-electron chi connectivity index (χ2n) is 5.28. The number of benzene rings is 2. The standard InChI is InChI=1S/C18H22O3/c1-21-18(20)16-10-9-15-8-7-14(12-17(15)13-16)6-4-2-3-5-11-19/h7-10,12-13,19H,2-6,11H2,1H3. The van der Waals surface area contributed by atoms with Gasteiger partial charge in [-0.2, -0.15) is 0 Å². The molecule has 0 aliphatic carbocycles. The summed E-state index contributed by atoms with van der Waals surface area (Å²) < 4.78 is 4.76. The number of esters is 1. The molecule has 2 rings (SSSR count). The highest BCUT2D eigenvalue weighted by Crippen LogP contribution is 2.20. The van der Waals surface area contributed by atoms with Gasteiger partial charge in [-0.1, -0.05) is 37.1 Å². The third kappa shape index (κ3) is 4.30. The maximum Gasteiger partial charge on any atom is 0.337 e. The summed E-state index contributed by atoms with van der Waals surface area (Å²) in [4.78, 5) is 11.6. The van der Waals surface area contributed by atoms with Gasteiger partial charge < -0.3 is 9.84 Å². The van der Waals surface area contributed by atoms with E-state index in [4.69, 9.17) is 9.84 Å². The van der Waals surface area contributed by atoms with E-state index in [1.54, 1.807) is 6.07 Å². The molecular formula is C18H22O3. The first-order valence-corrected chi connectivity index (χ1v) is 7.46. The first-order valence-electron chi connectivity index (χ1n) is 7.46. The van der Waals surface area contributed by atoms with Gasteiger partial charge in [0.15, 0.2) is 0 Å². The van der Waals surface area contributed by atoms with Crippen LogP contribution in [-0.4, -0.2) is 24.8 Å². The second kappa shape index (κ2) is 7.79. The average Bonchev–Trinajstić information content (AvgIpc) is 2.53. The molecule has 0 spiro atoms. The lowest BCUT2D eigenvalue weighted by atomic mass is 10.0. The molecule has 1 N–H and O–H groups in total. The Labute approximate surface area is 125 Å². The van der Waals surface area contributed by atoms with Crippen LogP contribution in [0.4, 0.5) is 0 Å². The van der Waals surface area contributed by atoms with Crippen LogP contribution in [-0.2, 0) is 11.2 Å². The summed E-state index contributed by atoms with van der Waals surface area (Å²) in [7, 11) is 1.40. The van der Waals surface area contributed by atoms with Crippen LogP contribution in [0.2, 0.25) is 0 Å². The molecule has 0 aliphatic heterocycles. The molecule has 0 atom stereocenters. The molecule has 3 nitrogen and oxygen atoms in total. The van der Waals surface area contributed by atoms with Gasteiger partial charge in [0.25, 0.3) is 0 Å². The maximum absolute atomic E-state index is 11.6. The van der Waals surface area contributed by atoms with Crippen molar-refractivity contribution < 1.29 is 14.6 Å². The Balaban J connectivity index is 2.06. The molecule has 0 fully saturated rings. The van der Waals surface area contributed by atoms with E-state index in [2.05, 4.69) is 18.2 Å². The molecule has 0 unspecified atom stereocenters. The van der Waals surface area contributed by atoms with Gasteiger partial charge in [0.1, 0.15) is 0 Å². The lowest BCUT2D eigenvalue weighted by molar-refractivity contribution is 0.0601. The number of hydrogen-bond acceptors (Lipinski definition) is 3. The minimum Gasteiger partial charge on any atom is -0.465 e. The van der Waals surface area contributed by atoms with Crippen LogP contribution in [0, 0.1) is 0 Å².